The molecular weight excluding hydrogens is 256 g/mol. The number of sulfonamides is 1. The van der Waals surface area contributed by atoms with Gasteiger partial charge in [-0.3, -0.25) is 0 Å². The third-order valence-electron chi connectivity index (χ3n) is 2.94. The summed E-state index contributed by atoms with van der Waals surface area (Å²) in [5.74, 6) is 0.313. The first-order valence-corrected chi connectivity index (χ1v) is 8.08. The number of nitrogens with zero attached hydrogens (tertiary/aromatic N) is 1. The largest absolute Gasteiger partial charge is 0.330 e. The van der Waals surface area contributed by atoms with Gasteiger partial charge in [0.15, 0.2) is 0 Å². The molecule has 6 heteroatoms. The molecule has 1 heterocycles. The van der Waals surface area contributed by atoms with E-state index in [1.54, 1.807) is 18.2 Å². The highest BCUT2D eigenvalue weighted by molar-refractivity contribution is 7.98. The van der Waals surface area contributed by atoms with Crippen molar-refractivity contribution in [2.24, 2.45) is 11.7 Å². The summed E-state index contributed by atoms with van der Waals surface area (Å²) in [5, 5.41) is 0. The quantitative estimate of drug-likeness (QED) is 0.830. The Labute approximate surface area is 106 Å². The molecule has 0 unspecified atom stereocenters. The summed E-state index contributed by atoms with van der Waals surface area (Å²) >= 11 is 1.54. The second-order valence-corrected chi connectivity index (χ2v) is 6.92. The van der Waals surface area contributed by atoms with E-state index in [-0.39, 0.29) is 0 Å². The molecule has 0 saturated carbocycles. The average molecular weight is 272 g/mol. The van der Waals surface area contributed by atoms with Crippen LogP contribution in [0.2, 0.25) is 0 Å². The number of hydrogen-bond acceptors (Lipinski definition) is 4. The first-order chi connectivity index (χ1) is 8.07. The van der Waals surface area contributed by atoms with Crippen LogP contribution < -0.4 is 5.73 Å². The van der Waals surface area contributed by atoms with Crippen LogP contribution in [0.3, 0.4) is 0 Å². The Hall–Kier alpha value is -0.560. The van der Waals surface area contributed by atoms with E-state index in [9.17, 15) is 8.42 Å². The van der Waals surface area contributed by atoms with Gasteiger partial charge in [0.2, 0.25) is 10.0 Å². The minimum atomic E-state index is -3.31. The molecule has 94 valence electrons. The molecule has 17 heavy (non-hydrogen) atoms. The van der Waals surface area contributed by atoms with Gasteiger partial charge in [-0.25, -0.2) is 8.42 Å². The number of thioether (sulfide) groups is 1. The predicted molar refractivity (Wildman–Crippen MR) is 69.5 cm³/mol. The molecule has 2 rings (SSSR count). The van der Waals surface area contributed by atoms with Crippen LogP contribution in [0.1, 0.15) is 0 Å². The Balaban J connectivity index is 2.21. The Morgan fingerprint density at radius 3 is 2.76 bits per heavy atom. The summed E-state index contributed by atoms with van der Waals surface area (Å²) in [7, 11) is -3.31. The predicted octanol–water partition coefficient (Wildman–Crippen LogP) is 0.988. The molecule has 0 atom stereocenters. The van der Waals surface area contributed by atoms with E-state index in [1.165, 1.54) is 16.1 Å². The normalized spacial score (nSPS) is 18.0. The number of nitrogens with two attached hydrogens (primary N) is 1. The van der Waals surface area contributed by atoms with Crippen LogP contribution in [0.15, 0.2) is 34.1 Å². The molecule has 4 nitrogen and oxygen atoms in total. The maximum Gasteiger partial charge on any atom is 0.243 e. The lowest BCUT2D eigenvalue weighted by Crippen LogP contribution is -2.52. The SMILES string of the molecule is CSc1cccc(S(=O)(=O)N2CC(CN)C2)c1. The van der Waals surface area contributed by atoms with Crippen LogP contribution in [-0.2, 0) is 10.0 Å². The fourth-order valence-corrected chi connectivity index (χ4v) is 3.95. The second kappa shape index (κ2) is 4.97. The van der Waals surface area contributed by atoms with E-state index in [0.717, 1.165) is 4.90 Å². The van der Waals surface area contributed by atoms with Gasteiger partial charge < -0.3 is 5.73 Å². The van der Waals surface area contributed by atoms with E-state index in [4.69, 9.17) is 5.73 Å². The van der Waals surface area contributed by atoms with Crippen LogP contribution in [0.25, 0.3) is 0 Å². The highest BCUT2D eigenvalue weighted by Crippen LogP contribution is 2.26. The highest BCUT2D eigenvalue weighted by atomic mass is 32.2. The molecule has 0 aliphatic carbocycles. The van der Waals surface area contributed by atoms with Gasteiger partial charge in [0.1, 0.15) is 0 Å². The topological polar surface area (TPSA) is 63.4 Å². The molecule has 2 N–H and O–H groups in total. The van der Waals surface area contributed by atoms with Crippen molar-refractivity contribution in [2.75, 3.05) is 25.9 Å². The van der Waals surface area contributed by atoms with Gasteiger partial charge in [0.05, 0.1) is 4.90 Å². The minimum absolute atomic E-state index is 0.313. The Morgan fingerprint density at radius 2 is 2.18 bits per heavy atom. The minimum Gasteiger partial charge on any atom is -0.330 e. The van der Waals surface area contributed by atoms with E-state index in [1.807, 2.05) is 12.3 Å². The molecule has 1 aromatic carbocycles. The number of hydrogen-bond donors (Lipinski definition) is 1. The van der Waals surface area contributed by atoms with Gasteiger partial charge in [-0.05, 0) is 36.9 Å². The van der Waals surface area contributed by atoms with Crippen molar-refractivity contribution < 1.29 is 8.42 Å². The molecule has 0 aromatic heterocycles. The summed E-state index contributed by atoms with van der Waals surface area (Å²) in [6.07, 6.45) is 1.93. The van der Waals surface area contributed by atoms with Gasteiger partial charge in [0, 0.05) is 18.0 Å². The monoisotopic (exact) mass is 272 g/mol. The zero-order valence-corrected chi connectivity index (χ0v) is 11.3. The van der Waals surface area contributed by atoms with Gasteiger partial charge in [0.25, 0.3) is 0 Å². The molecule has 0 bridgehead atoms. The maximum atomic E-state index is 12.2. The highest BCUT2D eigenvalue weighted by Gasteiger charge is 2.35. The summed E-state index contributed by atoms with van der Waals surface area (Å²) in [4.78, 5) is 1.33. The molecule has 1 saturated heterocycles. The van der Waals surface area contributed by atoms with Gasteiger partial charge in [-0.1, -0.05) is 6.07 Å². The van der Waals surface area contributed by atoms with Crippen molar-refractivity contribution in [1.82, 2.24) is 4.31 Å². The van der Waals surface area contributed by atoms with Crippen molar-refractivity contribution in [3.8, 4) is 0 Å². The summed E-state index contributed by atoms with van der Waals surface area (Å²) in [5.41, 5.74) is 5.50. The standard InChI is InChI=1S/C11H16N2O2S2/c1-16-10-3-2-4-11(5-10)17(14,15)13-7-9(6-12)8-13/h2-5,9H,6-8,12H2,1H3. The lowest BCUT2D eigenvalue weighted by Gasteiger charge is -2.37. The Kier molecular flexibility index (Phi) is 3.77. The van der Waals surface area contributed by atoms with E-state index in [0.29, 0.717) is 30.4 Å². The zero-order valence-electron chi connectivity index (χ0n) is 9.67. The van der Waals surface area contributed by atoms with Crippen LogP contribution in [0.4, 0.5) is 0 Å². The van der Waals surface area contributed by atoms with E-state index < -0.39 is 10.0 Å². The van der Waals surface area contributed by atoms with E-state index >= 15 is 0 Å². The fourth-order valence-electron chi connectivity index (χ4n) is 1.78. The van der Waals surface area contributed by atoms with Crippen molar-refractivity contribution in [3.05, 3.63) is 24.3 Å². The van der Waals surface area contributed by atoms with Crippen LogP contribution in [0, 0.1) is 5.92 Å². The molecule has 0 amide bonds. The van der Waals surface area contributed by atoms with Gasteiger partial charge in [-0.15, -0.1) is 11.8 Å². The van der Waals surface area contributed by atoms with Crippen molar-refractivity contribution >= 4 is 21.8 Å². The molecule has 1 fully saturated rings. The summed E-state index contributed by atoms with van der Waals surface area (Å²) in [6.45, 7) is 1.64. The molecule has 0 radical (unpaired) electrons. The van der Waals surface area contributed by atoms with Gasteiger partial charge in [-0.2, -0.15) is 4.31 Å². The maximum absolute atomic E-state index is 12.2. The molecule has 1 aliphatic heterocycles. The lowest BCUT2D eigenvalue weighted by molar-refractivity contribution is 0.207. The average Bonchev–Trinajstić information content (AvgIpc) is 2.27. The zero-order chi connectivity index (χ0) is 12.5. The van der Waals surface area contributed by atoms with Crippen LogP contribution >= 0.6 is 11.8 Å². The molecule has 1 aromatic rings. The van der Waals surface area contributed by atoms with E-state index in [2.05, 4.69) is 0 Å². The molecule has 1 aliphatic rings. The van der Waals surface area contributed by atoms with Crippen molar-refractivity contribution in [3.63, 3.8) is 0 Å². The van der Waals surface area contributed by atoms with Crippen molar-refractivity contribution in [2.45, 2.75) is 9.79 Å². The number of rotatable bonds is 4. The van der Waals surface area contributed by atoms with Crippen molar-refractivity contribution in [1.29, 1.82) is 0 Å². The Morgan fingerprint density at radius 1 is 1.47 bits per heavy atom. The lowest BCUT2D eigenvalue weighted by atomic mass is 10.0. The third kappa shape index (κ3) is 2.49. The first-order valence-electron chi connectivity index (χ1n) is 5.42. The smallest absolute Gasteiger partial charge is 0.243 e. The second-order valence-electron chi connectivity index (χ2n) is 4.10. The van der Waals surface area contributed by atoms with Crippen LogP contribution in [-0.4, -0.2) is 38.6 Å². The summed E-state index contributed by atoms with van der Waals surface area (Å²) in [6, 6.07) is 7.04. The van der Waals surface area contributed by atoms with Crippen LogP contribution in [0.5, 0.6) is 0 Å². The fraction of sp³-hybridized carbons (Fsp3) is 0.455. The first kappa shape index (κ1) is 12.9. The van der Waals surface area contributed by atoms with Gasteiger partial charge >= 0.3 is 0 Å². The number of benzene rings is 1. The Bertz CT molecular complexity index is 496. The summed E-state index contributed by atoms with van der Waals surface area (Å²) < 4.78 is 25.9. The molecular formula is C11H16N2O2S2. The third-order valence-corrected chi connectivity index (χ3v) is 5.49. The molecule has 0 spiro atoms.